The molecule has 0 aliphatic carbocycles. The Morgan fingerprint density at radius 1 is 1.36 bits per heavy atom. The normalized spacial score (nSPS) is 27.7. The lowest BCUT2D eigenvalue weighted by atomic mass is 10.0. The molecule has 0 bridgehead atoms. The summed E-state index contributed by atoms with van der Waals surface area (Å²) in [5.41, 5.74) is 6.73. The van der Waals surface area contributed by atoms with E-state index in [1.807, 2.05) is 29.2 Å². The number of amides is 1. The van der Waals surface area contributed by atoms with Crippen molar-refractivity contribution in [1.82, 2.24) is 4.90 Å². The third kappa shape index (κ3) is 3.57. The van der Waals surface area contributed by atoms with Crippen LogP contribution in [-0.2, 0) is 9.53 Å². The summed E-state index contributed by atoms with van der Waals surface area (Å²) in [6.45, 7) is 1.28. The molecule has 2 fully saturated rings. The van der Waals surface area contributed by atoms with E-state index < -0.39 is 0 Å². The van der Waals surface area contributed by atoms with Gasteiger partial charge in [-0.05, 0) is 43.4 Å². The van der Waals surface area contributed by atoms with E-state index in [4.69, 9.17) is 22.1 Å². The predicted octanol–water partition coefficient (Wildman–Crippen LogP) is 2.93. The Morgan fingerprint density at radius 3 is 2.86 bits per heavy atom. The molecule has 3 rings (SSSR count). The van der Waals surface area contributed by atoms with Gasteiger partial charge in [-0.3, -0.25) is 4.79 Å². The van der Waals surface area contributed by atoms with Crippen molar-refractivity contribution >= 4 is 29.9 Å². The van der Waals surface area contributed by atoms with Gasteiger partial charge in [0.1, 0.15) is 6.10 Å². The van der Waals surface area contributed by atoms with Crippen LogP contribution in [0.15, 0.2) is 24.3 Å². The second kappa shape index (κ2) is 7.64. The lowest BCUT2D eigenvalue weighted by Gasteiger charge is -2.27. The summed E-state index contributed by atoms with van der Waals surface area (Å²) >= 11 is 6.07. The Morgan fingerprint density at radius 2 is 2.18 bits per heavy atom. The maximum Gasteiger partial charge on any atom is 0.252 e. The third-order valence-electron chi connectivity index (χ3n) is 4.42. The van der Waals surface area contributed by atoms with Gasteiger partial charge in [0.15, 0.2) is 0 Å². The molecule has 0 spiro atoms. The van der Waals surface area contributed by atoms with Crippen LogP contribution >= 0.6 is 24.0 Å². The summed E-state index contributed by atoms with van der Waals surface area (Å²) in [5.74, 6) is 0.105. The average Bonchev–Trinajstić information content (AvgIpc) is 3.15. The van der Waals surface area contributed by atoms with Crippen LogP contribution in [0.4, 0.5) is 0 Å². The molecule has 2 aliphatic rings. The number of rotatable bonds is 3. The van der Waals surface area contributed by atoms with E-state index in [0.717, 1.165) is 37.8 Å². The maximum atomic E-state index is 12.7. The van der Waals surface area contributed by atoms with Crippen LogP contribution in [0.3, 0.4) is 0 Å². The first-order valence-corrected chi connectivity index (χ1v) is 7.98. The molecule has 1 amide bonds. The number of nitrogens with zero attached hydrogens (tertiary/aromatic N) is 1. The van der Waals surface area contributed by atoms with Crippen molar-refractivity contribution in [2.45, 2.75) is 43.9 Å². The highest BCUT2D eigenvalue weighted by atomic mass is 35.5. The molecular weight excluding hydrogens is 323 g/mol. The van der Waals surface area contributed by atoms with Crippen LogP contribution in [0.25, 0.3) is 0 Å². The van der Waals surface area contributed by atoms with E-state index >= 15 is 0 Å². The number of hydrogen-bond acceptors (Lipinski definition) is 3. The van der Waals surface area contributed by atoms with E-state index in [9.17, 15) is 4.79 Å². The lowest BCUT2D eigenvalue weighted by molar-refractivity contribution is -0.143. The van der Waals surface area contributed by atoms with Gasteiger partial charge in [-0.25, -0.2) is 0 Å². The molecule has 2 heterocycles. The monoisotopic (exact) mass is 344 g/mol. The van der Waals surface area contributed by atoms with Gasteiger partial charge in [0, 0.05) is 18.1 Å². The Bertz CT molecular complexity index is 527. The number of halogens is 2. The fraction of sp³-hybridized carbons (Fsp3) is 0.562. The zero-order valence-electron chi connectivity index (χ0n) is 12.4. The summed E-state index contributed by atoms with van der Waals surface area (Å²) in [7, 11) is 0. The fourth-order valence-electron chi connectivity index (χ4n) is 3.34. The van der Waals surface area contributed by atoms with Crippen molar-refractivity contribution < 1.29 is 9.53 Å². The van der Waals surface area contributed by atoms with Crippen LogP contribution in [0.1, 0.15) is 37.3 Å². The number of benzene rings is 1. The highest BCUT2D eigenvalue weighted by Gasteiger charge is 2.37. The van der Waals surface area contributed by atoms with E-state index in [1.54, 1.807) is 0 Å². The van der Waals surface area contributed by atoms with Gasteiger partial charge in [-0.1, -0.05) is 23.7 Å². The first-order valence-electron chi connectivity index (χ1n) is 7.60. The van der Waals surface area contributed by atoms with E-state index in [1.165, 1.54) is 0 Å². The van der Waals surface area contributed by atoms with Crippen molar-refractivity contribution in [3.05, 3.63) is 34.9 Å². The van der Waals surface area contributed by atoms with E-state index in [0.29, 0.717) is 11.6 Å². The van der Waals surface area contributed by atoms with Crippen LogP contribution < -0.4 is 5.73 Å². The van der Waals surface area contributed by atoms with Crippen LogP contribution in [-0.4, -0.2) is 36.1 Å². The van der Waals surface area contributed by atoms with Gasteiger partial charge in [0.2, 0.25) is 0 Å². The van der Waals surface area contributed by atoms with Crippen LogP contribution in [0.2, 0.25) is 5.02 Å². The Kier molecular flexibility index (Phi) is 6.09. The zero-order valence-corrected chi connectivity index (χ0v) is 14.0. The minimum atomic E-state index is -0.321. The molecular formula is C16H22Cl2N2O2. The van der Waals surface area contributed by atoms with E-state index in [-0.39, 0.29) is 36.6 Å². The number of carbonyl (C=O) groups excluding carboxylic acids is 1. The molecule has 22 heavy (non-hydrogen) atoms. The number of likely N-dealkylation sites (tertiary alicyclic amines) is 1. The second-order valence-electron chi connectivity index (χ2n) is 5.80. The predicted molar refractivity (Wildman–Crippen MR) is 89.3 cm³/mol. The zero-order chi connectivity index (χ0) is 14.8. The number of ether oxygens (including phenoxy) is 1. The molecule has 2 aliphatic heterocycles. The molecule has 122 valence electrons. The molecule has 1 unspecified atom stereocenters. The molecule has 0 radical (unpaired) electrons. The molecule has 2 saturated heterocycles. The molecule has 6 heteroatoms. The molecule has 2 N–H and O–H groups in total. The summed E-state index contributed by atoms with van der Waals surface area (Å²) in [6, 6.07) is 7.92. The SMILES string of the molecule is Cl.NC[C@H]1CC[C@@H](C(=O)N2CCCC2c2cccc(Cl)c2)O1. The van der Waals surface area contributed by atoms with Gasteiger partial charge in [-0.15, -0.1) is 12.4 Å². The van der Waals surface area contributed by atoms with Gasteiger partial charge in [0.05, 0.1) is 12.1 Å². The van der Waals surface area contributed by atoms with Crippen molar-refractivity contribution in [2.24, 2.45) is 5.73 Å². The summed E-state index contributed by atoms with van der Waals surface area (Å²) < 4.78 is 5.75. The van der Waals surface area contributed by atoms with Crippen LogP contribution in [0, 0.1) is 0 Å². The van der Waals surface area contributed by atoms with Crippen molar-refractivity contribution in [3.8, 4) is 0 Å². The quantitative estimate of drug-likeness (QED) is 0.916. The lowest BCUT2D eigenvalue weighted by Crippen LogP contribution is -2.39. The summed E-state index contributed by atoms with van der Waals surface area (Å²) in [6.07, 6.45) is 3.38. The molecule has 0 saturated carbocycles. The molecule has 3 atom stereocenters. The Labute approximate surface area is 142 Å². The van der Waals surface area contributed by atoms with Crippen LogP contribution in [0.5, 0.6) is 0 Å². The molecule has 1 aromatic carbocycles. The summed E-state index contributed by atoms with van der Waals surface area (Å²) in [5, 5.41) is 0.715. The minimum absolute atomic E-state index is 0. The highest BCUT2D eigenvalue weighted by molar-refractivity contribution is 6.30. The highest BCUT2D eigenvalue weighted by Crippen LogP contribution is 2.35. The molecule has 4 nitrogen and oxygen atoms in total. The number of nitrogens with two attached hydrogens (primary N) is 1. The van der Waals surface area contributed by atoms with Gasteiger partial charge >= 0.3 is 0 Å². The minimum Gasteiger partial charge on any atom is -0.364 e. The summed E-state index contributed by atoms with van der Waals surface area (Å²) in [4.78, 5) is 14.7. The standard InChI is InChI=1S/C16H21ClN2O2.ClH/c17-12-4-1-3-11(9-12)14-5-2-8-19(14)16(20)15-7-6-13(10-18)21-15;/h1,3-4,9,13-15H,2,5-8,10,18H2;1H/t13-,14?,15+;/m1./s1. The molecule has 0 aromatic heterocycles. The Hall–Kier alpha value is -0.810. The molecule has 1 aromatic rings. The average molecular weight is 345 g/mol. The van der Waals surface area contributed by atoms with Crippen molar-refractivity contribution in [3.63, 3.8) is 0 Å². The Balaban J connectivity index is 0.00000176. The fourth-order valence-corrected chi connectivity index (χ4v) is 3.54. The number of carbonyl (C=O) groups is 1. The van der Waals surface area contributed by atoms with Gasteiger partial charge in [-0.2, -0.15) is 0 Å². The van der Waals surface area contributed by atoms with Crippen molar-refractivity contribution in [1.29, 1.82) is 0 Å². The second-order valence-corrected chi connectivity index (χ2v) is 6.24. The topological polar surface area (TPSA) is 55.6 Å². The van der Waals surface area contributed by atoms with Gasteiger partial charge < -0.3 is 15.4 Å². The largest absolute Gasteiger partial charge is 0.364 e. The number of hydrogen-bond donors (Lipinski definition) is 1. The van der Waals surface area contributed by atoms with Crippen molar-refractivity contribution in [2.75, 3.05) is 13.1 Å². The van der Waals surface area contributed by atoms with Gasteiger partial charge in [0.25, 0.3) is 5.91 Å². The van der Waals surface area contributed by atoms with E-state index in [2.05, 4.69) is 0 Å². The smallest absolute Gasteiger partial charge is 0.252 e. The first-order chi connectivity index (χ1) is 10.2. The third-order valence-corrected chi connectivity index (χ3v) is 4.65. The first kappa shape index (κ1) is 17.5. The maximum absolute atomic E-state index is 12.7.